The minimum Gasteiger partial charge on any atom is -0.481 e. The maximum Gasteiger partial charge on any atom is 0.449 e. The molecule has 7 heteroatoms. The molecule has 2 heterocycles. The normalized spacial score (nSPS) is 18.1. The summed E-state index contributed by atoms with van der Waals surface area (Å²) in [6.07, 6.45) is -3.66. The topological polar surface area (TPSA) is 53.7 Å². The second-order valence-corrected chi connectivity index (χ2v) is 4.24. The van der Waals surface area contributed by atoms with Gasteiger partial charge in [-0.1, -0.05) is 0 Å². The van der Waals surface area contributed by atoms with Crippen molar-refractivity contribution in [1.82, 2.24) is 0 Å². The third-order valence-electron chi connectivity index (χ3n) is 3.03. The van der Waals surface area contributed by atoms with Gasteiger partial charge in [0.05, 0.1) is 5.92 Å². The zero-order valence-corrected chi connectivity index (χ0v) is 9.41. The maximum absolute atomic E-state index is 12.3. The van der Waals surface area contributed by atoms with Gasteiger partial charge in [0.25, 0.3) is 0 Å². The summed E-state index contributed by atoms with van der Waals surface area (Å²) < 4.78 is 41.8. The van der Waals surface area contributed by atoms with Crippen molar-refractivity contribution in [1.29, 1.82) is 0 Å². The van der Waals surface area contributed by atoms with Gasteiger partial charge in [0.1, 0.15) is 0 Å². The number of furan rings is 1. The molecule has 0 spiro atoms. The summed E-state index contributed by atoms with van der Waals surface area (Å²) >= 11 is 0. The average molecular weight is 263 g/mol. The zero-order valence-electron chi connectivity index (χ0n) is 9.41. The van der Waals surface area contributed by atoms with Crippen molar-refractivity contribution in [3.63, 3.8) is 0 Å². The van der Waals surface area contributed by atoms with E-state index < -0.39 is 23.8 Å². The fraction of sp³-hybridized carbons (Fsp3) is 0.545. The molecular formula is C11H12F3NO3. The van der Waals surface area contributed by atoms with Crippen LogP contribution in [0.3, 0.4) is 0 Å². The van der Waals surface area contributed by atoms with E-state index in [1.807, 2.05) is 0 Å². The summed E-state index contributed by atoms with van der Waals surface area (Å²) in [5.74, 6) is -2.16. The van der Waals surface area contributed by atoms with E-state index in [1.54, 1.807) is 4.90 Å². The van der Waals surface area contributed by atoms with E-state index in [4.69, 9.17) is 9.52 Å². The number of halogens is 3. The van der Waals surface area contributed by atoms with Gasteiger partial charge < -0.3 is 14.4 Å². The fourth-order valence-electron chi connectivity index (χ4n) is 2.00. The number of nitrogens with zero attached hydrogens (tertiary/aromatic N) is 1. The lowest BCUT2D eigenvalue weighted by atomic mass is 9.97. The molecule has 2 rings (SSSR count). The Balaban J connectivity index is 2.02. The van der Waals surface area contributed by atoms with Crippen LogP contribution in [0.2, 0.25) is 0 Å². The minimum absolute atomic E-state index is 0.145. The quantitative estimate of drug-likeness (QED) is 0.891. The Morgan fingerprint density at radius 3 is 2.39 bits per heavy atom. The number of rotatable bonds is 2. The third kappa shape index (κ3) is 2.60. The highest BCUT2D eigenvalue weighted by atomic mass is 19.4. The van der Waals surface area contributed by atoms with Gasteiger partial charge in [0.15, 0.2) is 5.88 Å². The summed E-state index contributed by atoms with van der Waals surface area (Å²) in [4.78, 5) is 12.4. The number of carbonyl (C=O) groups is 1. The van der Waals surface area contributed by atoms with Gasteiger partial charge in [-0.25, -0.2) is 0 Å². The zero-order chi connectivity index (χ0) is 13.3. The van der Waals surface area contributed by atoms with Crippen LogP contribution in [-0.4, -0.2) is 24.2 Å². The molecule has 0 atom stereocenters. The molecule has 1 aromatic heterocycles. The second kappa shape index (κ2) is 4.55. The number of hydrogen-bond donors (Lipinski definition) is 1. The molecule has 1 saturated heterocycles. The van der Waals surface area contributed by atoms with Crippen molar-refractivity contribution in [3.8, 4) is 0 Å². The predicted molar refractivity (Wildman–Crippen MR) is 56.3 cm³/mol. The summed E-state index contributed by atoms with van der Waals surface area (Å²) in [5.41, 5.74) is 0. The van der Waals surface area contributed by atoms with Gasteiger partial charge in [-0.2, -0.15) is 13.2 Å². The third-order valence-corrected chi connectivity index (χ3v) is 3.03. The van der Waals surface area contributed by atoms with Crippen LogP contribution in [0.25, 0.3) is 0 Å². The number of carboxylic acid groups (broad SMARTS) is 1. The Kier molecular flexibility index (Phi) is 3.23. The van der Waals surface area contributed by atoms with Crippen LogP contribution >= 0.6 is 0 Å². The highest BCUT2D eigenvalue weighted by Crippen LogP contribution is 2.34. The molecule has 1 aliphatic rings. The number of hydrogen-bond acceptors (Lipinski definition) is 3. The molecule has 0 amide bonds. The van der Waals surface area contributed by atoms with Gasteiger partial charge in [0, 0.05) is 19.2 Å². The summed E-state index contributed by atoms with van der Waals surface area (Å²) in [6, 6.07) is 2.16. The number of carboxylic acids is 1. The van der Waals surface area contributed by atoms with Crippen molar-refractivity contribution in [3.05, 3.63) is 17.9 Å². The first-order valence-corrected chi connectivity index (χ1v) is 5.52. The van der Waals surface area contributed by atoms with E-state index in [-0.39, 0.29) is 5.88 Å². The van der Waals surface area contributed by atoms with Crippen LogP contribution in [0, 0.1) is 5.92 Å². The summed E-state index contributed by atoms with van der Waals surface area (Å²) in [7, 11) is 0. The number of aliphatic carboxylic acids is 1. The van der Waals surface area contributed by atoms with E-state index in [9.17, 15) is 18.0 Å². The maximum atomic E-state index is 12.3. The van der Waals surface area contributed by atoms with E-state index >= 15 is 0 Å². The molecule has 1 N–H and O–H groups in total. The van der Waals surface area contributed by atoms with Crippen molar-refractivity contribution in [2.24, 2.45) is 5.92 Å². The van der Waals surface area contributed by atoms with Gasteiger partial charge in [-0.3, -0.25) is 4.79 Å². The highest BCUT2D eigenvalue weighted by molar-refractivity contribution is 5.70. The molecule has 0 aromatic carbocycles. The minimum atomic E-state index is -4.49. The largest absolute Gasteiger partial charge is 0.481 e. The molecule has 1 fully saturated rings. The standard InChI is InChI=1S/C11H12F3NO3/c12-11(13,14)8-1-2-9(18-8)15-5-3-7(4-6-15)10(16)17/h1-2,7H,3-6H2,(H,16,17). The molecule has 0 radical (unpaired) electrons. The van der Waals surface area contributed by atoms with Gasteiger partial charge >= 0.3 is 12.1 Å². The Morgan fingerprint density at radius 1 is 1.33 bits per heavy atom. The van der Waals surface area contributed by atoms with E-state index in [1.165, 1.54) is 6.07 Å². The van der Waals surface area contributed by atoms with Crippen LogP contribution in [-0.2, 0) is 11.0 Å². The van der Waals surface area contributed by atoms with Crippen LogP contribution < -0.4 is 4.90 Å². The van der Waals surface area contributed by atoms with Gasteiger partial charge in [0.2, 0.25) is 5.76 Å². The van der Waals surface area contributed by atoms with Crippen LogP contribution in [0.5, 0.6) is 0 Å². The molecule has 1 aromatic rings. The Hall–Kier alpha value is -1.66. The molecular weight excluding hydrogens is 251 g/mol. The number of piperidine rings is 1. The molecule has 0 bridgehead atoms. The van der Waals surface area contributed by atoms with Crippen LogP contribution in [0.15, 0.2) is 16.5 Å². The van der Waals surface area contributed by atoms with Crippen LogP contribution in [0.1, 0.15) is 18.6 Å². The van der Waals surface area contributed by atoms with E-state index in [2.05, 4.69) is 0 Å². The fourth-order valence-corrected chi connectivity index (χ4v) is 2.00. The molecule has 0 saturated carbocycles. The van der Waals surface area contributed by atoms with Crippen molar-refractivity contribution < 1.29 is 27.5 Å². The molecule has 0 aliphatic carbocycles. The SMILES string of the molecule is O=C(O)C1CCN(c2ccc(C(F)(F)F)o2)CC1. The molecule has 18 heavy (non-hydrogen) atoms. The Labute approximate surface area is 101 Å². The van der Waals surface area contributed by atoms with Crippen molar-refractivity contribution >= 4 is 11.9 Å². The number of alkyl halides is 3. The Bertz CT molecular complexity index is 433. The Morgan fingerprint density at radius 2 is 1.94 bits per heavy atom. The lowest BCUT2D eigenvalue weighted by Gasteiger charge is -2.29. The first kappa shape index (κ1) is 12.8. The van der Waals surface area contributed by atoms with Crippen molar-refractivity contribution in [2.45, 2.75) is 19.0 Å². The van der Waals surface area contributed by atoms with Crippen molar-refractivity contribution in [2.75, 3.05) is 18.0 Å². The summed E-state index contributed by atoms with van der Waals surface area (Å²) in [5, 5.41) is 8.82. The van der Waals surface area contributed by atoms with E-state index in [0.29, 0.717) is 25.9 Å². The monoisotopic (exact) mass is 263 g/mol. The smallest absolute Gasteiger partial charge is 0.449 e. The molecule has 100 valence electrons. The highest BCUT2D eigenvalue weighted by Gasteiger charge is 2.35. The second-order valence-electron chi connectivity index (χ2n) is 4.24. The predicted octanol–water partition coefficient (Wildman–Crippen LogP) is 2.60. The van der Waals surface area contributed by atoms with Gasteiger partial charge in [-0.05, 0) is 18.9 Å². The first-order chi connectivity index (χ1) is 8.38. The van der Waals surface area contributed by atoms with Crippen LogP contribution in [0.4, 0.5) is 19.1 Å². The lowest BCUT2D eigenvalue weighted by molar-refractivity contribution is -0.152. The summed E-state index contributed by atoms with van der Waals surface area (Å²) in [6.45, 7) is 0.781. The first-order valence-electron chi connectivity index (χ1n) is 5.52. The molecule has 0 unspecified atom stereocenters. The number of anilines is 1. The van der Waals surface area contributed by atoms with E-state index in [0.717, 1.165) is 6.07 Å². The van der Waals surface area contributed by atoms with Gasteiger partial charge in [-0.15, -0.1) is 0 Å². The average Bonchev–Trinajstić information content (AvgIpc) is 2.78. The molecule has 4 nitrogen and oxygen atoms in total. The lowest BCUT2D eigenvalue weighted by Crippen LogP contribution is -2.36. The molecule has 1 aliphatic heterocycles.